The molecular formula is C15H22FN3O. The minimum Gasteiger partial charge on any atom is -0.340 e. The van der Waals surface area contributed by atoms with E-state index in [1.165, 1.54) is 6.07 Å². The molecule has 0 unspecified atom stereocenters. The second-order valence-corrected chi connectivity index (χ2v) is 5.28. The Hall–Kier alpha value is -1.46. The number of hydrogen-bond acceptors (Lipinski definition) is 3. The van der Waals surface area contributed by atoms with Crippen LogP contribution in [0, 0.1) is 12.7 Å². The third kappa shape index (κ3) is 3.77. The molecular weight excluding hydrogens is 257 g/mol. The number of carbonyl (C=O) groups excluding carboxylic acids is 1. The average Bonchev–Trinajstić information content (AvgIpc) is 2.48. The van der Waals surface area contributed by atoms with Crippen LogP contribution in [0.15, 0.2) is 18.2 Å². The summed E-state index contributed by atoms with van der Waals surface area (Å²) in [5.74, 6) is -0.453. The smallest absolute Gasteiger partial charge is 0.253 e. The summed E-state index contributed by atoms with van der Waals surface area (Å²) in [6, 6.07) is 4.65. The van der Waals surface area contributed by atoms with E-state index in [1.54, 1.807) is 31.0 Å². The average molecular weight is 279 g/mol. The van der Waals surface area contributed by atoms with Gasteiger partial charge in [0.05, 0.1) is 0 Å². The van der Waals surface area contributed by atoms with Crippen molar-refractivity contribution in [2.75, 3.05) is 46.3 Å². The summed E-state index contributed by atoms with van der Waals surface area (Å²) in [4.78, 5) is 16.2. The highest BCUT2D eigenvalue weighted by Gasteiger charge is 2.15. The molecule has 1 fully saturated rings. The Balaban J connectivity index is 1.89. The highest BCUT2D eigenvalue weighted by atomic mass is 19.1. The Kier molecular flexibility index (Phi) is 5.09. The van der Waals surface area contributed by atoms with Gasteiger partial charge in [-0.3, -0.25) is 9.69 Å². The van der Waals surface area contributed by atoms with E-state index in [1.807, 2.05) is 0 Å². The van der Waals surface area contributed by atoms with Crippen LogP contribution in [0.1, 0.15) is 15.9 Å². The van der Waals surface area contributed by atoms with Crippen molar-refractivity contribution in [2.45, 2.75) is 6.92 Å². The SMILES string of the molecule is Cc1ccc(C(=O)N(C)CCN2CCNCC2)cc1F. The molecule has 0 aromatic heterocycles. The lowest BCUT2D eigenvalue weighted by atomic mass is 10.1. The number of rotatable bonds is 4. The number of halogens is 1. The standard InChI is InChI=1S/C15H22FN3O/c1-12-3-4-13(11-14(12)16)15(20)18(2)9-10-19-7-5-17-6-8-19/h3-4,11,17H,5-10H2,1-2H3. The molecule has 4 nitrogen and oxygen atoms in total. The number of piperazine rings is 1. The van der Waals surface area contributed by atoms with Crippen LogP contribution in [0.5, 0.6) is 0 Å². The lowest BCUT2D eigenvalue weighted by molar-refractivity contribution is 0.0774. The summed E-state index contributed by atoms with van der Waals surface area (Å²) in [6.07, 6.45) is 0. The quantitative estimate of drug-likeness (QED) is 0.897. The van der Waals surface area contributed by atoms with Gasteiger partial charge in [-0.05, 0) is 24.6 Å². The highest BCUT2D eigenvalue weighted by molar-refractivity contribution is 5.94. The van der Waals surface area contributed by atoms with Crippen molar-refractivity contribution in [1.82, 2.24) is 15.1 Å². The van der Waals surface area contributed by atoms with Crippen molar-refractivity contribution < 1.29 is 9.18 Å². The first-order valence-corrected chi connectivity index (χ1v) is 7.02. The predicted octanol–water partition coefficient (Wildman–Crippen LogP) is 1.11. The lowest BCUT2D eigenvalue weighted by Crippen LogP contribution is -2.46. The van der Waals surface area contributed by atoms with E-state index in [0.29, 0.717) is 17.7 Å². The molecule has 1 saturated heterocycles. The molecule has 5 heteroatoms. The van der Waals surface area contributed by atoms with Gasteiger partial charge >= 0.3 is 0 Å². The fourth-order valence-corrected chi connectivity index (χ4v) is 2.27. The number of nitrogens with one attached hydrogen (secondary N) is 1. The number of benzene rings is 1. The fourth-order valence-electron chi connectivity index (χ4n) is 2.27. The summed E-state index contributed by atoms with van der Waals surface area (Å²) in [5, 5.41) is 3.30. The van der Waals surface area contributed by atoms with Crippen LogP contribution in [0.25, 0.3) is 0 Å². The lowest BCUT2D eigenvalue weighted by Gasteiger charge is -2.29. The maximum atomic E-state index is 13.5. The first-order valence-electron chi connectivity index (χ1n) is 7.02. The van der Waals surface area contributed by atoms with Gasteiger partial charge in [-0.15, -0.1) is 0 Å². The summed E-state index contributed by atoms with van der Waals surface area (Å²) in [7, 11) is 1.77. The van der Waals surface area contributed by atoms with Crippen molar-refractivity contribution in [3.63, 3.8) is 0 Å². The van der Waals surface area contributed by atoms with E-state index in [2.05, 4.69) is 10.2 Å². The molecule has 1 aromatic carbocycles. The van der Waals surface area contributed by atoms with E-state index in [4.69, 9.17) is 0 Å². The van der Waals surface area contributed by atoms with Gasteiger partial charge in [-0.2, -0.15) is 0 Å². The van der Waals surface area contributed by atoms with E-state index in [0.717, 1.165) is 32.7 Å². The van der Waals surface area contributed by atoms with Crippen LogP contribution in [0.4, 0.5) is 4.39 Å². The zero-order valence-corrected chi connectivity index (χ0v) is 12.2. The summed E-state index contributed by atoms with van der Waals surface area (Å²) < 4.78 is 13.5. The van der Waals surface area contributed by atoms with Crippen molar-refractivity contribution in [3.05, 3.63) is 35.1 Å². The molecule has 1 N–H and O–H groups in total. The van der Waals surface area contributed by atoms with Crippen molar-refractivity contribution in [3.8, 4) is 0 Å². The minimum atomic E-state index is -0.327. The molecule has 1 aromatic rings. The van der Waals surface area contributed by atoms with Crippen molar-refractivity contribution >= 4 is 5.91 Å². The molecule has 1 aliphatic rings. The summed E-state index contributed by atoms with van der Waals surface area (Å²) >= 11 is 0. The molecule has 20 heavy (non-hydrogen) atoms. The van der Waals surface area contributed by atoms with Gasteiger partial charge in [-0.1, -0.05) is 6.07 Å². The third-order valence-corrected chi connectivity index (χ3v) is 3.73. The van der Waals surface area contributed by atoms with E-state index < -0.39 is 0 Å². The third-order valence-electron chi connectivity index (χ3n) is 3.73. The zero-order chi connectivity index (χ0) is 14.5. The van der Waals surface area contributed by atoms with Gasteiger partial charge in [0.1, 0.15) is 5.82 Å². The van der Waals surface area contributed by atoms with Gasteiger partial charge < -0.3 is 10.2 Å². The Morgan fingerprint density at radius 3 is 2.75 bits per heavy atom. The Morgan fingerprint density at radius 2 is 2.10 bits per heavy atom. The van der Waals surface area contributed by atoms with Crippen LogP contribution < -0.4 is 5.32 Å². The largest absolute Gasteiger partial charge is 0.340 e. The molecule has 1 aliphatic heterocycles. The number of aryl methyl sites for hydroxylation is 1. The molecule has 0 atom stereocenters. The molecule has 1 amide bonds. The number of likely N-dealkylation sites (N-methyl/N-ethyl adjacent to an activating group) is 1. The van der Waals surface area contributed by atoms with Crippen LogP contribution in [-0.2, 0) is 0 Å². The second kappa shape index (κ2) is 6.81. The van der Waals surface area contributed by atoms with E-state index in [9.17, 15) is 9.18 Å². The molecule has 0 saturated carbocycles. The fraction of sp³-hybridized carbons (Fsp3) is 0.533. The molecule has 0 radical (unpaired) electrons. The first kappa shape index (κ1) is 14.9. The molecule has 0 bridgehead atoms. The molecule has 1 heterocycles. The second-order valence-electron chi connectivity index (χ2n) is 5.28. The topological polar surface area (TPSA) is 35.6 Å². The Morgan fingerprint density at radius 1 is 1.40 bits per heavy atom. The van der Waals surface area contributed by atoms with E-state index in [-0.39, 0.29) is 11.7 Å². The maximum absolute atomic E-state index is 13.5. The molecule has 0 spiro atoms. The summed E-state index contributed by atoms with van der Waals surface area (Å²) in [5.41, 5.74) is 0.973. The maximum Gasteiger partial charge on any atom is 0.253 e. The van der Waals surface area contributed by atoms with Crippen molar-refractivity contribution in [1.29, 1.82) is 0 Å². The monoisotopic (exact) mass is 279 g/mol. The minimum absolute atomic E-state index is 0.126. The summed E-state index contributed by atoms with van der Waals surface area (Å²) in [6.45, 7) is 7.24. The van der Waals surface area contributed by atoms with Crippen LogP contribution in [0.3, 0.4) is 0 Å². The molecule has 0 aliphatic carbocycles. The van der Waals surface area contributed by atoms with Gasteiger partial charge in [0.15, 0.2) is 0 Å². The number of carbonyl (C=O) groups is 1. The number of hydrogen-bond donors (Lipinski definition) is 1. The molecule has 110 valence electrons. The number of nitrogens with zero attached hydrogens (tertiary/aromatic N) is 2. The van der Waals surface area contributed by atoms with Gasteiger partial charge in [-0.25, -0.2) is 4.39 Å². The highest BCUT2D eigenvalue weighted by Crippen LogP contribution is 2.11. The number of amides is 1. The van der Waals surface area contributed by atoms with Crippen molar-refractivity contribution in [2.24, 2.45) is 0 Å². The van der Waals surface area contributed by atoms with Crippen LogP contribution in [0.2, 0.25) is 0 Å². The van der Waals surface area contributed by atoms with Gasteiger partial charge in [0, 0.05) is 51.9 Å². The first-order chi connectivity index (χ1) is 9.58. The normalized spacial score (nSPS) is 16.1. The van der Waals surface area contributed by atoms with Crippen LogP contribution in [-0.4, -0.2) is 62.0 Å². The van der Waals surface area contributed by atoms with Crippen LogP contribution >= 0.6 is 0 Å². The van der Waals surface area contributed by atoms with E-state index >= 15 is 0 Å². The molecule has 2 rings (SSSR count). The predicted molar refractivity (Wildman–Crippen MR) is 77.4 cm³/mol. The Labute approximate surface area is 119 Å². The van der Waals surface area contributed by atoms with Gasteiger partial charge in [0.2, 0.25) is 0 Å². The zero-order valence-electron chi connectivity index (χ0n) is 12.2. The van der Waals surface area contributed by atoms with Gasteiger partial charge in [0.25, 0.3) is 5.91 Å². The Bertz CT molecular complexity index is 472.